The first kappa shape index (κ1) is 7.04. The quantitative estimate of drug-likeness (QED) is 0.379. The largest absolute Gasteiger partial charge is 0.336 e. The summed E-state index contributed by atoms with van der Waals surface area (Å²) in [7, 11) is 0. The summed E-state index contributed by atoms with van der Waals surface area (Å²) >= 11 is 4.85. The number of fused-ring (bicyclic) bond motifs is 1. The van der Waals surface area contributed by atoms with Gasteiger partial charge in [-0.1, -0.05) is 12.2 Å². The monoisotopic (exact) mass is 183 g/mol. The minimum absolute atomic E-state index is 0.290. The summed E-state index contributed by atoms with van der Waals surface area (Å²) in [6.07, 6.45) is 1.38. The Balaban J connectivity index is 3.13. The highest BCUT2D eigenvalue weighted by Crippen LogP contribution is 2.03. The van der Waals surface area contributed by atoms with Crippen LogP contribution in [0.3, 0.4) is 0 Å². The summed E-state index contributed by atoms with van der Waals surface area (Å²) in [5.74, 6) is 5.44. The lowest BCUT2D eigenvalue weighted by atomic mass is 10.6. The third kappa shape index (κ3) is 0.832. The topological polar surface area (TPSA) is 92.5 Å². The van der Waals surface area contributed by atoms with Crippen LogP contribution in [0.25, 0.3) is 11.2 Å². The molecular formula is C5H5N5OS. The summed E-state index contributed by atoms with van der Waals surface area (Å²) in [6.45, 7) is 0. The molecule has 0 unspecified atom stereocenters. The lowest BCUT2D eigenvalue weighted by Gasteiger charge is -1.91. The molecule has 0 aromatic carbocycles. The van der Waals surface area contributed by atoms with Crippen molar-refractivity contribution < 1.29 is 0 Å². The normalized spacial score (nSPS) is 10.7. The van der Waals surface area contributed by atoms with Gasteiger partial charge in [0, 0.05) is 0 Å². The number of rotatable bonds is 0. The van der Waals surface area contributed by atoms with Gasteiger partial charge in [0.15, 0.2) is 5.65 Å². The zero-order valence-electron chi connectivity index (χ0n) is 5.87. The summed E-state index contributed by atoms with van der Waals surface area (Å²) in [4.78, 5) is 19.6. The number of nitrogens with zero attached hydrogens (tertiary/aromatic N) is 2. The smallest absolute Gasteiger partial charge is 0.325 e. The van der Waals surface area contributed by atoms with Crippen LogP contribution in [0.4, 0.5) is 0 Å². The molecule has 12 heavy (non-hydrogen) atoms. The molecule has 2 aromatic rings. The van der Waals surface area contributed by atoms with Crippen LogP contribution in [0, 0.1) is 4.64 Å². The maximum atomic E-state index is 10.9. The molecule has 6 nitrogen and oxygen atoms in total. The number of nitrogens with one attached hydrogen (secondary N) is 2. The summed E-state index contributed by atoms with van der Waals surface area (Å²) in [5, 5.41) is 0. The molecule has 62 valence electrons. The van der Waals surface area contributed by atoms with Crippen molar-refractivity contribution in [2.75, 3.05) is 5.84 Å². The molecule has 2 rings (SSSR count). The number of imidazole rings is 1. The Bertz CT molecular complexity index is 534. The third-order valence-electron chi connectivity index (χ3n) is 1.47. The molecule has 2 heterocycles. The number of aromatic amines is 2. The Hall–Kier alpha value is -1.63. The van der Waals surface area contributed by atoms with E-state index in [9.17, 15) is 4.79 Å². The Labute approximate surface area is 71.0 Å². The number of H-pyrrole nitrogens is 2. The lowest BCUT2D eigenvalue weighted by molar-refractivity contribution is 0.992. The Morgan fingerprint density at radius 2 is 2.33 bits per heavy atom. The van der Waals surface area contributed by atoms with Gasteiger partial charge >= 0.3 is 5.69 Å². The maximum absolute atomic E-state index is 10.9. The highest BCUT2D eigenvalue weighted by molar-refractivity contribution is 7.71. The summed E-state index contributed by atoms with van der Waals surface area (Å²) in [6, 6.07) is 0. The summed E-state index contributed by atoms with van der Waals surface area (Å²) in [5.41, 5.74) is 0.524. The molecule has 0 aliphatic rings. The average molecular weight is 183 g/mol. The Kier molecular flexibility index (Phi) is 1.28. The SMILES string of the molecule is Nn1cnc2c(=S)[nH]c(=O)[nH]c21. The van der Waals surface area contributed by atoms with Gasteiger partial charge in [-0.3, -0.25) is 9.97 Å². The molecule has 0 aliphatic heterocycles. The van der Waals surface area contributed by atoms with Gasteiger partial charge in [-0.05, 0) is 0 Å². The number of hydrogen-bond acceptors (Lipinski definition) is 4. The second-order valence-corrected chi connectivity index (χ2v) is 2.67. The molecule has 0 amide bonds. The standard InChI is InChI=1S/C5H5N5OS/c6-10-1-7-2-3(10)8-5(11)9-4(2)12/h1H,6H2,(H2,8,9,11,12). The molecule has 0 radical (unpaired) electrons. The van der Waals surface area contributed by atoms with E-state index in [1.807, 2.05) is 0 Å². The predicted molar refractivity (Wildman–Crippen MR) is 45.7 cm³/mol. The first-order valence-corrected chi connectivity index (χ1v) is 3.54. The van der Waals surface area contributed by atoms with E-state index in [2.05, 4.69) is 15.0 Å². The maximum Gasteiger partial charge on any atom is 0.325 e. The Morgan fingerprint density at radius 1 is 1.58 bits per heavy atom. The molecule has 0 fully saturated rings. The van der Waals surface area contributed by atoms with Crippen LogP contribution in [-0.4, -0.2) is 19.6 Å². The van der Waals surface area contributed by atoms with Gasteiger partial charge in [0.1, 0.15) is 16.5 Å². The fourth-order valence-corrected chi connectivity index (χ4v) is 1.19. The van der Waals surface area contributed by atoms with Gasteiger partial charge in [0.25, 0.3) is 0 Å². The molecule has 0 saturated carbocycles. The third-order valence-corrected chi connectivity index (χ3v) is 1.76. The highest BCUT2D eigenvalue weighted by Gasteiger charge is 2.02. The van der Waals surface area contributed by atoms with Crippen LogP contribution in [0.5, 0.6) is 0 Å². The minimum atomic E-state index is -0.389. The van der Waals surface area contributed by atoms with Crippen molar-refractivity contribution in [2.24, 2.45) is 0 Å². The second-order valence-electron chi connectivity index (χ2n) is 2.26. The molecule has 0 spiro atoms. The van der Waals surface area contributed by atoms with Crippen LogP contribution in [-0.2, 0) is 0 Å². The average Bonchev–Trinajstić information content (AvgIpc) is 2.33. The van der Waals surface area contributed by atoms with Crippen molar-refractivity contribution in [2.45, 2.75) is 0 Å². The molecule has 2 aromatic heterocycles. The first-order valence-electron chi connectivity index (χ1n) is 3.13. The van der Waals surface area contributed by atoms with Gasteiger partial charge in [-0.25, -0.2) is 14.5 Å². The summed E-state index contributed by atoms with van der Waals surface area (Å²) < 4.78 is 1.50. The van der Waals surface area contributed by atoms with Crippen LogP contribution in [0.15, 0.2) is 11.1 Å². The molecule has 0 bridgehead atoms. The van der Waals surface area contributed by atoms with E-state index in [-0.39, 0.29) is 10.3 Å². The van der Waals surface area contributed by atoms with E-state index in [1.54, 1.807) is 0 Å². The highest BCUT2D eigenvalue weighted by atomic mass is 32.1. The van der Waals surface area contributed by atoms with Crippen LogP contribution >= 0.6 is 12.2 Å². The van der Waals surface area contributed by atoms with Crippen molar-refractivity contribution in [3.8, 4) is 0 Å². The predicted octanol–water partition coefficient (Wildman–Crippen LogP) is -0.504. The van der Waals surface area contributed by atoms with Crippen LogP contribution in [0.2, 0.25) is 0 Å². The van der Waals surface area contributed by atoms with Crippen molar-refractivity contribution in [3.05, 3.63) is 21.5 Å². The Morgan fingerprint density at radius 3 is 3.08 bits per heavy atom. The molecular weight excluding hydrogens is 178 g/mol. The van der Waals surface area contributed by atoms with Crippen molar-refractivity contribution in [3.63, 3.8) is 0 Å². The van der Waals surface area contributed by atoms with Gasteiger partial charge in [-0.15, -0.1) is 0 Å². The van der Waals surface area contributed by atoms with Gasteiger partial charge in [0.05, 0.1) is 0 Å². The van der Waals surface area contributed by atoms with Gasteiger partial charge in [-0.2, -0.15) is 0 Å². The number of aromatic nitrogens is 4. The molecule has 0 aliphatic carbocycles. The molecule has 4 N–H and O–H groups in total. The van der Waals surface area contributed by atoms with Crippen molar-refractivity contribution in [1.82, 2.24) is 19.6 Å². The zero-order valence-corrected chi connectivity index (χ0v) is 6.68. The lowest BCUT2D eigenvalue weighted by Crippen LogP contribution is -2.14. The van der Waals surface area contributed by atoms with Gasteiger partial charge < -0.3 is 5.84 Å². The number of hydrogen-bond donors (Lipinski definition) is 3. The van der Waals surface area contributed by atoms with Crippen molar-refractivity contribution in [1.29, 1.82) is 0 Å². The van der Waals surface area contributed by atoms with Crippen LogP contribution < -0.4 is 11.5 Å². The molecule has 7 heteroatoms. The first-order chi connectivity index (χ1) is 5.68. The minimum Gasteiger partial charge on any atom is -0.336 e. The van der Waals surface area contributed by atoms with E-state index in [1.165, 1.54) is 11.0 Å². The zero-order chi connectivity index (χ0) is 8.72. The second kappa shape index (κ2) is 2.18. The van der Waals surface area contributed by atoms with E-state index in [4.69, 9.17) is 18.1 Å². The fourth-order valence-electron chi connectivity index (χ4n) is 0.952. The number of nitrogens with two attached hydrogens (primary N) is 1. The number of nitrogen functional groups attached to an aromatic ring is 1. The van der Waals surface area contributed by atoms with E-state index >= 15 is 0 Å². The molecule has 0 saturated heterocycles. The van der Waals surface area contributed by atoms with E-state index in [0.717, 1.165) is 0 Å². The van der Waals surface area contributed by atoms with E-state index < -0.39 is 0 Å². The fraction of sp³-hybridized carbons (Fsp3) is 0. The van der Waals surface area contributed by atoms with Crippen LogP contribution in [0.1, 0.15) is 0 Å². The molecule has 0 atom stereocenters. The van der Waals surface area contributed by atoms with Gasteiger partial charge in [0.2, 0.25) is 0 Å². The van der Waals surface area contributed by atoms with E-state index in [0.29, 0.717) is 11.2 Å². The van der Waals surface area contributed by atoms with Crippen molar-refractivity contribution >= 4 is 23.4 Å².